The number of fused-ring (bicyclic) bond motifs is 2. The van der Waals surface area contributed by atoms with Gasteiger partial charge in [-0.25, -0.2) is 13.1 Å². The number of anilines is 1. The van der Waals surface area contributed by atoms with E-state index in [-0.39, 0.29) is 11.4 Å². The van der Waals surface area contributed by atoms with Gasteiger partial charge in [0.05, 0.1) is 22.5 Å². The van der Waals surface area contributed by atoms with E-state index in [9.17, 15) is 13.2 Å². The maximum atomic E-state index is 13.1. The van der Waals surface area contributed by atoms with Crippen molar-refractivity contribution in [1.82, 2.24) is 14.7 Å². The molecular formula is C23H30N4O3S. The lowest BCUT2D eigenvalue weighted by atomic mass is 9.82. The first kappa shape index (κ1) is 20.7. The van der Waals surface area contributed by atoms with E-state index in [1.165, 1.54) is 19.1 Å². The van der Waals surface area contributed by atoms with Crippen LogP contribution in [0.4, 0.5) is 5.82 Å². The van der Waals surface area contributed by atoms with Crippen molar-refractivity contribution in [3.8, 4) is 0 Å². The van der Waals surface area contributed by atoms with Gasteiger partial charge in [0, 0.05) is 38.5 Å². The van der Waals surface area contributed by atoms with Gasteiger partial charge in [0.15, 0.2) is 9.84 Å². The number of hydrogen-bond acceptors (Lipinski definition) is 5. The van der Waals surface area contributed by atoms with Crippen LogP contribution in [0.1, 0.15) is 43.4 Å². The van der Waals surface area contributed by atoms with Crippen LogP contribution in [0.25, 0.3) is 0 Å². The molecule has 0 bridgehead atoms. The molecule has 2 fully saturated rings. The third kappa shape index (κ3) is 4.03. The monoisotopic (exact) mass is 442 g/mol. The van der Waals surface area contributed by atoms with E-state index in [1.807, 2.05) is 24.0 Å². The number of benzene rings is 1. The van der Waals surface area contributed by atoms with Crippen molar-refractivity contribution in [3.63, 3.8) is 0 Å². The molecule has 1 saturated carbocycles. The molecule has 5 rings (SSSR count). The zero-order valence-corrected chi connectivity index (χ0v) is 19.1. The number of hydrogen-bond donors (Lipinski definition) is 0. The second-order valence-corrected chi connectivity index (χ2v) is 11.6. The molecule has 0 atom stereocenters. The topological polar surface area (TPSA) is 75.5 Å². The Morgan fingerprint density at radius 3 is 2.42 bits per heavy atom. The molecule has 8 heteroatoms. The maximum absolute atomic E-state index is 13.1. The summed E-state index contributed by atoms with van der Waals surface area (Å²) in [5, 5.41) is 4.83. The summed E-state index contributed by atoms with van der Waals surface area (Å²) in [7, 11) is -3.17. The minimum atomic E-state index is -3.17. The SMILES string of the molecule is Cc1cc2n(n1)C1(CCN(Cc3ccc(S(C)(=O)=O)cc3)CC1)CC(=O)N2CC1CC1. The normalized spacial score (nSPS) is 21.5. The number of sulfone groups is 1. The zero-order chi connectivity index (χ0) is 21.8. The molecule has 3 heterocycles. The van der Waals surface area contributed by atoms with Gasteiger partial charge in [-0.15, -0.1) is 0 Å². The van der Waals surface area contributed by atoms with E-state index in [1.54, 1.807) is 12.1 Å². The fraction of sp³-hybridized carbons (Fsp3) is 0.565. The van der Waals surface area contributed by atoms with Gasteiger partial charge in [0.2, 0.25) is 5.91 Å². The minimum Gasteiger partial charge on any atom is -0.299 e. The van der Waals surface area contributed by atoms with Crippen LogP contribution in [0, 0.1) is 12.8 Å². The molecule has 0 N–H and O–H groups in total. The molecule has 1 aromatic heterocycles. The minimum absolute atomic E-state index is 0.225. The van der Waals surface area contributed by atoms with Crippen LogP contribution in [-0.4, -0.2) is 54.9 Å². The predicted octanol–water partition coefficient (Wildman–Crippen LogP) is 2.73. The van der Waals surface area contributed by atoms with Crippen LogP contribution in [0.3, 0.4) is 0 Å². The Morgan fingerprint density at radius 1 is 1.13 bits per heavy atom. The largest absolute Gasteiger partial charge is 0.299 e. The zero-order valence-electron chi connectivity index (χ0n) is 18.2. The Kier molecular flexibility index (Phi) is 4.97. The van der Waals surface area contributed by atoms with Crippen molar-refractivity contribution in [2.75, 3.05) is 30.8 Å². The van der Waals surface area contributed by atoms with Crippen LogP contribution < -0.4 is 4.90 Å². The van der Waals surface area contributed by atoms with E-state index in [0.717, 1.165) is 56.1 Å². The number of carbonyl (C=O) groups excluding carboxylic acids is 1. The Labute approximate surface area is 183 Å². The van der Waals surface area contributed by atoms with Crippen molar-refractivity contribution in [2.24, 2.45) is 5.92 Å². The van der Waals surface area contributed by atoms with Crippen LogP contribution in [0.2, 0.25) is 0 Å². The summed E-state index contributed by atoms with van der Waals surface area (Å²) in [6.45, 7) is 5.40. The van der Waals surface area contributed by atoms with Crippen molar-refractivity contribution in [2.45, 2.75) is 56.0 Å². The van der Waals surface area contributed by atoms with E-state index in [2.05, 4.69) is 15.6 Å². The highest BCUT2D eigenvalue weighted by Crippen LogP contribution is 2.43. The molecule has 0 radical (unpaired) electrons. The summed E-state index contributed by atoms with van der Waals surface area (Å²) >= 11 is 0. The van der Waals surface area contributed by atoms with Crippen molar-refractivity contribution >= 4 is 21.6 Å². The van der Waals surface area contributed by atoms with Crippen LogP contribution in [0.15, 0.2) is 35.2 Å². The molecule has 0 unspecified atom stereocenters. The predicted molar refractivity (Wildman–Crippen MR) is 119 cm³/mol. The highest BCUT2D eigenvalue weighted by atomic mass is 32.2. The van der Waals surface area contributed by atoms with Crippen LogP contribution in [-0.2, 0) is 26.7 Å². The summed E-state index contributed by atoms with van der Waals surface area (Å²) in [6, 6.07) is 9.23. The molecule has 2 aromatic rings. The first-order valence-electron chi connectivity index (χ1n) is 11.1. The lowest BCUT2D eigenvalue weighted by molar-refractivity contribution is -0.123. The second-order valence-electron chi connectivity index (χ2n) is 9.60. The van der Waals surface area contributed by atoms with Crippen molar-refractivity contribution in [3.05, 3.63) is 41.6 Å². The first-order valence-corrected chi connectivity index (χ1v) is 13.0. The molecular weight excluding hydrogens is 412 g/mol. The molecule has 1 aromatic carbocycles. The average molecular weight is 443 g/mol. The summed E-state index contributed by atoms with van der Waals surface area (Å²) in [5.74, 6) is 1.87. The highest BCUT2D eigenvalue weighted by Gasteiger charge is 2.46. The molecule has 1 aliphatic carbocycles. The van der Waals surface area contributed by atoms with Crippen LogP contribution in [0.5, 0.6) is 0 Å². The van der Waals surface area contributed by atoms with Crippen molar-refractivity contribution in [1.29, 1.82) is 0 Å². The summed E-state index contributed by atoms with van der Waals surface area (Å²) in [4.78, 5) is 17.8. The quantitative estimate of drug-likeness (QED) is 0.712. The summed E-state index contributed by atoms with van der Waals surface area (Å²) in [5.41, 5.74) is 1.85. The van der Waals surface area contributed by atoms with Gasteiger partial charge in [-0.1, -0.05) is 12.1 Å². The standard InChI is InChI=1S/C23H30N4O3S/c1-17-13-21-26(16-19-3-4-19)22(28)14-23(27(21)24-17)9-11-25(12-10-23)15-18-5-7-20(8-6-18)31(2,29)30/h5-8,13,19H,3-4,9-12,14-16H2,1-2H3. The molecule has 7 nitrogen and oxygen atoms in total. The van der Waals surface area contributed by atoms with E-state index in [0.29, 0.717) is 17.2 Å². The third-order valence-corrected chi connectivity index (χ3v) is 8.13. The lowest BCUT2D eigenvalue weighted by Gasteiger charge is -2.46. The first-order chi connectivity index (χ1) is 14.7. The number of carbonyl (C=O) groups is 1. The fourth-order valence-electron chi connectivity index (χ4n) is 4.98. The van der Waals surface area contributed by atoms with E-state index >= 15 is 0 Å². The molecule has 1 amide bonds. The van der Waals surface area contributed by atoms with Crippen molar-refractivity contribution < 1.29 is 13.2 Å². The smallest absolute Gasteiger partial charge is 0.230 e. The highest BCUT2D eigenvalue weighted by molar-refractivity contribution is 7.90. The summed E-state index contributed by atoms with van der Waals surface area (Å²) < 4.78 is 25.5. The Hall–Kier alpha value is -2.19. The lowest BCUT2D eigenvalue weighted by Crippen LogP contribution is -2.54. The molecule has 1 saturated heterocycles. The van der Waals surface area contributed by atoms with Gasteiger partial charge in [0.25, 0.3) is 0 Å². The molecule has 2 aliphatic heterocycles. The molecule has 166 valence electrons. The third-order valence-electron chi connectivity index (χ3n) is 7.00. The molecule has 3 aliphatic rings. The molecule has 31 heavy (non-hydrogen) atoms. The summed E-state index contributed by atoms with van der Waals surface area (Å²) in [6.07, 6.45) is 6.00. The van der Waals surface area contributed by atoms with Gasteiger partial charge in [-0.3, -0.25) is 14.6 Å². The number of likely N-dealkylation sites (tertiary alicyclic amines) is 1. The van der Waals surface area contributed by atoms with Gasteiger partial charge >= 0.3 is 0 Å². The number of aryl methyl sites for hydroxylation is 1. The average Bonchev–Trinajstić information content (AvgIpc) is 3.45. The number of amides is 1. The molecule has 1 spiro atoms. The van der Waals surface area contributed by atoms with Gasteiger partial charge < -0.3 is 0 Å². The Morgan fingerprint density at radius 2 is 1.81 bits per heavy atom. The van der Waals surface area contributed by atoms with E-state index < -0.39 is 9.84 Å². The van der Waals surface area contributed by atoms with Gasteiger partial charge in [-0.05, 0) is 56.2 Å². The fourth-order valence-corrected chi connectivity index (χ4v) is 5.61. The maximum Gasteiger partial charge on any atom is 0.230 e. The second kappa shape index (κ2) is 7.45. The van der Waals surface area contributed by atoms with Gasteiger partial charge in [0.1, 0.15) is 5.82 Å². The van der Waals surface area contributed by atoms with Gasteiger partial charge in [-0.2, -0.15) is 5.10 Å². The Balaban J connectivity index is 1.30. The number of nitrogens with zero attached hydrogens (tertiary/aromatic N) is 4. The number of piperidine rings is 1. The number of aromatic nitrogens is 2. The Bertz CT molecular complexity index is 1090. The van der Waals surface area contributed by atoms with E-state index in [4.69, 9.17) is 5.10 Å². The number of rotatable bonds is 5. The van der Waals surface area contributed by atoms with Crippen LogP contribution >= 0.6 is 0 Å².